The molecule has 0 saturated heterocycles. The summed E-state index contributed by atoms with van der Waals surface area (Å²) in [7, 11) is 0. The topological polar surface area (TPSA) is 0 Å². The van der Waals surface area contributed by atoms with Crippen molar-refractivity contribution in [2.24, 2.45) is 5.92 Å². The van der Waals surface area contributed by atoms with E-state index in [1.165, 1.54) is 11.1 Å². The molecular formula is C10H16Cl2Ir+. The van der Waals surface area contributed by atoms with Crippen LogP contribution in [0.3, 0.4) is 0 Å². The Hall–Kier alpha value is 0.709. The maximum Gasteiger partial charge on any atom is 3.00 e. The predicted octanol–water partition coefficient (Wildman–Crippen LogP) is -2.69. The molecule has 0 amide bonds. The summed E-state index contributed by atoms with van der Waals surface area (Å²) in [6.07, 6.45) is 0. The van der Waals surface area contributed by atoms with Gasteiger partial charge in [0.2, 0.25) is 0 Å². The van der Waals surface area contributed by atoms with E-state index in [0.29, 0.717) is 5.92 Å². The van der Waals surface area contributed by atoms with Gasteiger partial charge >= 0.3 is 20.1 Å². The van der Waals surface area contributed by atoms with Crippen LogP contribution < -0.4 is 24.8 Å². The van der Waals surface area contributed by atoms with Crippen LogP contribution in [0.1, 0.15) is 34.6 Å². The molecule has 1 aliphatic carbocycles. The Kier molecular flexibility index (Phi) is 10.5. The second kappa shape index (κ2) is 7.06. The van der Waals surface area contributed by atoms with Crippen molar-refractivity contribution in [2.45, 2.75) is 34.6 Å². The zero-order chi connectivity index (χ0) is 7.89. The maximum atomic E-state index is 2.28. The minimum Gasteiger partial charge on any atom is -1.00 e. The molecule has 0 aliphatic heterocycles. The molecule has 0 N–H and O–H groups in total. The van der Waals surface area contributed by atoms with Crippen LogP contribution in [0.15, 0.2) is 22.3 Å². The van der Waals surface area contributed by atoms with Gasteiger partial charge in [0.15, 0.2) is 0 Å². The van der Waals surface area contributed by atoms with Crippen molar-refractivity contribution >= 4 is 0 Å². The summed E-state index contributed by atoms with van der Waals surface area (Å²) in [4.78, 5) is 0. The van der Waals surface area contributed by atoms with E-state index < -0.39 is 0 Å². The predicted molar refractivity (Wildman–Crippen MR) is 45.9 cm³/mol. The molecule has 0 aromatic carbocycles. The summed E-state index contributed by atoms with van der Waals surface area (Å²) in [6, 6.07) is 0. The zero-order valence-corrected chi connectivity index (χ0v) is 12.6. The molecule has 0 bridgehead atoms. The van der Waals surface area contributed by atoms with Gasteiger partial charge in [-0.3, -0.25) is 0 Å². The maximum absolute atomic E-state index is 2.28. The summed E-state index contributed by atoms with van der Waals surface area (Å²) in [6.45, 7) is 11.2. The molecule has 0 radical (unpaired) electrons. The molecule has 0 nitrogen and oxygen atoms in total. The van der Waals surface area contributed by atoms with E-state index in [-0.39, 0.29) is 44.9 Å². The van der Waals surface area contributed by atoms with Gasteiger partial charge in [0.1, 0.15) is 0 Å². The van der Waals surface area contributed by atoms with Crippen molar-refractivity contribution in [1.82, 2.24) is 0 Å². The Morgan fingerprint density at radius 1 is 0.769 bits per heavy atom. The van der Waals surface area contributed by atoms with E-state index in [0.717, 1.165) is 0 Å². The second-order valence-corrected chi connectivity index (χ2v) is 3.34. The van der Waals surface area contributed by atoms with Gasteiger partial charge in [0.05, 0.1) is 0 Å². The van der Waals surface area contributed by atoms with Gasteiger partial charge in [-0.25, -0.2) is 0 Å². The third-order valence-corrected chi connectivity index (χ3v) is 3.04. The van der Waals surface area contributed by atoms with Crippen molar-refractivity contribution in [3.05, 3.63) is 22.3 Å². The van der Waals surface area contributed by atoms with Crippen LogP contribution in [0.25, 0.3) is 0 Å². The van der Waals surface area contributed by atoms with E-state index >= 15 is 0 Å². The Balaban J connectivity index is -0.000000333. The summed E-state index contributed by atoms with van der Waals surface area (Å²) >= 11 is 0. The standard InChI is InChI=1S/C10H16.2ClH.Ir/c1-6-7(2)9(4)10(5)8(6)3;;;/h6H,1-5H3;2*1H;/q;;;+3/p-2. The third-order valence-electron chi connectivity index (χ3n) is 3.04. The van der Waals surface area contributed by atoms with Crippen molar-refractivity contribution < 1.29 is 44.9 Å². The fraction of sp³-hybridized carbons (Fsp3) is 0.600. The molecule has 1 rings (SSSR count). The van der Waals surface area contributed by atoms with Gasteiger partial charge in [-0.15, -0.1) is 0 Å². The van der Waals surface area contributed by atoms with Gasteiger partial charge in [-0.1, -0.05) is 18.1 Å². The zero-order valence-electron chi connectivity index (χ0n) is 8.67. The monoisotopic (exact) mass is 399 g/mol. The van der Waals surface area contributed by atoms with Gasteiger partial charge < -0.3 is 24.8 Å². The van der Waals surface area contributed by atoms with E-state index in [4.69, 9.17) is 0 Å². The van der Waals surface area contributed by atoms with Crippen LogP contribution in [0.5, 0.6) is 0 Å². The average Bonchev–Trinajstić information content (AvgIpc) is 2.07. The molecule has 3 heteroatoms. The van der Waals surface area contributed by atoms with Crippen molar-refractivity contribution in [3.8, 4) is 0 Å². The fourth-order valence-corrected chi connectivity index (χ4v) is 1.57. The first-order valence-corrected chi connectivity index (χ1v) is 3.90. The van der Waals surface area contributed by atoms with Crippen molar-refractivity contribution in [3.63, 3.8) is 0 Å². The normalized spacial score (nSPS) is 16.4. The third kappa shape index (κ3) is 3.40. The molecule has 0 fully saturated rings. The summed E-state index contributed by atoms with van der Waals surface area (Å²) in [5.41, 5.74) is 6.11. The number of hydrogen-bond acceptors (Lipinski definition) is 0. The first kappa shape index (κ1) is 19.3. The number of rotatable bonds is 0. The largest absolute Gasteiger partial charge is 3.00 e. The van der Waals surface area contributed by atoms with E-state index in [1.54, 1.807) is 11.1 Å². The average molecular weight is 399 g/mol. The molecule has 78 valence electrons. The summed E-state index contributed by atoms with van der Waals surface area (Å²) in [5, 5.41) is 0. The fourth-order valence-electron chi connectivity index (χ4n) is 1.57. The Morgan fingerprint density at radius 3 is 1.08 bits per heavy atom. The molecule has 1 aliphatic rings. The van der Waals surface area contributed by atoms with E-state index in [2.05, 4.69) is 34.6 Å². The SMILES string of the molecule is CC1=C(C)C(C)C(C)=C1C.[Cl-].[Cl-].[Ir+3]. The molecule has 0 spiro atoms. The molecule has 0 heterocycles. The van der Waals surface area contributed by atoms with Gasteiger partial charge in [-0.2, -0.15) is 0 Å². The van der Waals surface area contributed by atoms with Crippen LogP contribution in [0, 0.1) is 5.92 Å². The van der Waals surface area contributed by atoms with Gasteiger partial charge in [0, 0.05) is 0 Å². The minimum absolute atomic E-state index is 0. The first-order chi connectivity index (χ1) is 4.55. The number of hydrogen-bond donors (Lipinski definition) is 0. The number of allylic oxidation sites excluding steroid dienone is 4. The molecule has 0 atom stereocenters. The van der Waals surface area contributed by atoms with Crippen LogP contribution >= 0.6 is 0 Å². The second-order valence-electron chi connectivity index (χ2n) is 3.34. The summed E-state index contributed by atoms with van der Waals surface area (Å²) in [5.74, 6) is 0.694. The number of halogens is 2. The molecule has 0 aromatic heterocycles. The van der Waals surface area contributed by atoms with Crippen LogP contribution in [0.4, 0.5) is 0 Å². The first-order valence-electron chi connectivity index (χ1n) is 3.90. The van der Waals surface area contributed by atoms with Crippen molar-refractivity contribution in [2.75, 3.05) is 0 Å². The quantitative estimate of drug-likeness (QED) is 0.417. The van der Waals surface area contributed by atoms with Crippen molar-refractivity contribution in [1.29, 1.82) is 0 Å². The van der Waals surface area contributed by atoms with Gasteiger partial charge in [0.25, 0.3) is 0 Å². The smallest absolute Gasteiger partial charge is 1.00 e. The Morgan fingerprint density at radius 2 is 1.00 bits per heavy atom. The Bertz CT molecular complexity index is 205. The van der Waals surface area contributed by atoms with Crippen LogP contribution in [-0.4, -0.2) is 0 Å². The molecule has 13 heavy (non-hydrogen) atoms. The van der Waals surface area contributed by atoms with E-state index in [9.17, 15) is 0 Å². The van der Waals surface area contributed by atoms with Crippen LogP contribution in [0.2, 0.25) is 0 Å². The molecule has 0 saturated carbocycles. The van der Waals surface area contributed by atoms with Gasteiger partial charge in [-0.05, 0) is 44.8 Å². The van der Waals surface area contributed by atoms with E-state index in [1.807, 2.05) is 0 Å². The molecular weight excluding hydrogens is 383 g/mol. The van der Waals surface area contributed by atoms with Crippen LogP contribution in [-0.2, 0) is 20.1 Å². The molecule has 0 aromatic rings. The molecule has 0 unspecified atom stereocenters. The summed E-state index contributed by atoms with van der Waals surface area (Å²) < 4.78 is 0. The Labute approximate surface area is 107 Å². The minimum atomic E-state index is 0.